The van der Waals surface area contributed by atoms with Crippen LogP contribution in [0.15, 0.2) is 47.6 Å². The summed E-state index contributed by atoms with van der Waals surface area (Å²) in [7, 11) is -4.15. The van der Waals surface area contributed by atoms with Gasteiger partial charge in [0.05, 0.1) is 5.69 Å². The molecule has 0 saturated carbocycles. The van der Waals surface area contributed by atoms with Crippen molar-refractivity contribution in [1.29, 1.82) is 0 Å². The number of rotatable bonds is 5. The number of urea groups is 1. The molecule has 0 atom stereocenters. The highest BCUT2D eigenvalue weighted by Gasteiger charge is 2.22. The maximum atomic E-state index is 13.3. The molecule has 0 aliphatic rings. The second-order valence-electron chi connectivity index (χ2n) is 5.24. The molecule has 24 heavy (non-hydrogen) atoms. The second-order valence-corrected chi connectivity index (χ2v) is 6.89. The van der Waals surface area contributed by atoms with Gasteiger partial charge in [0, 0.05) is 24.1 Å². The highest BCUT2D eigenvalue weighted by molar-refractivity contribution is 7.90. The minimum Gasteiger partial charge on any atom is -0.354 e. The summed E-state index contributed by atoms with van der Waals surface area (Å²) in [5.41, 5.74) is 0.532. The predicted molar refractivity (Wildman–Crippen MR) is 87.9 cm³/mol. The molecular formula is C15H17FN4O3S. The molecule has 2 aromatic rings. The quantitative estimate of drug-likeness (QED) is 0.767. The van der Waals surface area contributed by atoms with Crippen LogP contribution in [0.5, 0.6) is 0 Å². The van der Waals surface area contributed by atoms with Crippen LogP contribution in [0, 0.1) is 5.82 Å². The lowest BCUT2D eigenvalue weighted by Gasteiger charge is -2.14. The molecule has 0 unspecified atom stereocenters. The fourth-order valence-corrected chi connectivity index (χ4v) is 2.91. The van der Waals surface area contributed by atoms with Gasteiger partial charge in [0.2, 0.25) is 0 Å². The number of nitrogens with one attached hydrogen (secondary N) is 3. The van der Waals surface area contributed by atoms with Gasteiger partial charge in [-0.15, -0.1) is 0 Å². The molecule has 0 bridgehead atoms. The minimum absolute atomic E-state index is 0.167. The molecule has 0 fully saturated rings. The zero-order valence-electron chi connectivity index (χ0n) is 13.1. The zero-order valence-corrected chi connectivity index (χ0v) is 13.9. The first-order valence-electron chi connectivity index (χ1n) is 7.08. The van der Waals surface area contributed by atoms with E-state index < -0.39 is 21.9 Å². The Morgan fingerprint density at radius 3 is 2.67 bits per heavy atom. The van der Waals surface area contributed by atoms with Crippen molar-refractivity contribution in [2.45, 2.75) is 24.8 Å². The molecule has 1 aromatic heterocycles. The Morgan fingerprint density at radius 2 is 2.00 bits per heavy atom. The van der Waals surface area contributed by atoms with Gasteiger partial charge in [-0.1, -0.05) is 6.07 Å². The number of halogens is 1. The summed E-state index contributed by atoms with van der Waals surface area (Å²) in [6, 6.07) is 5.91. The van der Waals surface area contributed by atoms with Gasteiger partial charge in [-0.25, -0.2) is 22.3 Å². The molecule has 2 amide bonds. The minimum atomic E-state index is -4.15. The van der Waals surface area contributed by atoms with Crippen LogP contribution < -0.4 is 15.4 Å². The molecule has 2 rings (SSSR count). The molecule has 7 nitrogen and oxygen atoms in total. The van der Waals surface area contributed by atoms with Gasteiger partial charge in [-0.3, -0.25) is 4.98 Å². The highest BCUT2D eigenvalue weighted by Crippen LogP contribution is 2.24. The fourth-order valence-electron chi connectivity index (χ4n) is 1.89. The topological polar surface area (TPSA) is 100 Å². The second kappa shape index (κ2) is 7.26. The van der Waals surface area contributed by atoms with Crippen LogP contribution in [0.25, 0.3) is 0 Å². The third kappa shape index (κ3) is 4.66. The average Bonchev–Trinajstić information content (AvgIpc) is 2.46. The van der Waals surface area contributed by atoms with E-state index >= 15 is 0 Å². The van der Waals surface area contributed by atoms with Crippen molar-refractivity contribution in [3.05, 3.63) is 48.5 Å². The number of pyridine rings is 1. The molecule has 0 aliphatic carbocycles. The monoisotopic (exact) mass is 352 g/mol. The molecule has 0 radical (unpaired) electrons. The fraction of sp³-hybridized carbons (Fsp3) is 0.200. The van der Waals surface area contributed by atoms with Crippen LogP contribution >= 0.6 is 0 Å². The van der Waals surface area contributed by atoms with Crippen LogP contribution in [0.3, 0.4) is 0 Å². The van der Waals surface area contributed by atoms with Gasteiger partial charge in [-0.2, -0.15) is 0 Å². The summed E-state index contributed by atoms with van der Waals surface area (Å²) in [6.07, 6.45) is 2.49. The van der Waals surface area contributed by atoms with Gasteiger partial charge in [0.25, 0.3) is 10.0 Å². The van der Waals surface area contributed by atoms with E-state index in [1.54, 1.807) is 19.9 Å². The number of hydrogen-bond acceptors (Lipinski definition) is 5. The van der Waals surface area contributed by atoms with Crippen molar-refractivity contribution in [3.63, 3.8) is 0 Å². The summed E-state index contributed by atoms with van der Waals surface area (Å²) in [5.74, 6) is -0.465. The Morgan fingerprint density at radius 1 is 1.25 bits per heavy atom. The number of benzene rings is 1. The molecule has 128 valence electrons. The lowest BCUT2D eigenvalue weighted by atomic mass is 10.3. The van der Waals surface area contributed by atoms with Crippen molar-refractivity contribution in [1.82, 2.24) is 15.0 Å². The van der Waals surface area contributed by atoms with E-state index in [9.17, 15) is 17.6 Å². The smallest absolute Gasteiger partial charge is 0.328 e. The van der Waals surface area contributed by atoms with Gasteiger partial charge in [0.15, 0.2) is 0 Å². The van der Waals surface area contributed by atoms with Crippen molar-refractivity contribution < 1.29 is 17.6 Å². The van der Waals surface area contributed by atoms with E-state index in [1.807, 2.05) is 4.72 Å². The Kier molecular flexibility index (Phi) is 5.35. The Labute approximate surface area is 139 Å². The lowest BCUT2D eigenvalue weighted by Crippen LogP contribution is -2.42. The Bertz CT molecular complexity index is 840. The molecular weight excluding hydrogens is 335 g/mol. The van der Waals surface area contributed by atoms with E-state index in [1.165, 1.54) is 30.5 Å². The number of carbonyl (C=O) groups excluding carboxylic acids is 1. The Balaban J connectivity index is 2.29. The number of amides is 2. The largest absolute Gasteiger partial charge is 0.354 e. The summed E-state index contributed by atoms with van der Waals surface area (Å²) in [5, 5.41) is 5.23. The number of carbonyl (C=O) groups is 1. The van der Waals surface area contributed by atoms with Crippen LogP contribution in [-0.2, 0) is 10.0 Å². The summed E-state index contributed by atoms with van der Waals surface area (Å²) < 4.78 is 39.9. The number of aromatic nitrogens is 1. The predicted octanol–water partition coefficient (Wildman–Crippen LogP) is 2.36. The van der Waals surface area contributed by atoms with Crippen LogP contribution in [0.2, 0.25) is 0 Å². The number of hydrogen-bond donors (Lipinski definition) is 3. The van der Waals surface area contributed by atoms with Gasteiger partial charge < -0.3 is 10.6 Å². The third-order valence-electron chi connectivity index (χ3n) is 2.82. The normalized spacial score (nSPS) is 11.2. The molecule has 1 aromatic carbocycles. The number of nitrogens with zero attached hydrogens (tertiary/aromatic N) is 1. The third-order valence-corrected chi connectivity index (χ3v) is 4.18. The van der Waals surface area contributed by atoms with Crippen LogP contribution in [0.1, 0.15) is 13.8 Å². The maximum Gasteiger partial charge on any atom is 0.328 e. The molecule has 0 aliphatic heterocycles. The zero-order chi connectivity index (χ0) is 17.7. The van der Waals surface area contributed by atoms with E-state index in [0.29, 0.717) is 5.69 Å². The standard InChI is InChI=1S/C15H17FN4O3S/c1-10(2)18-15(21)20-24(22,23)14-9-17-7-6-13(14)19-12-5-3-4-11(16)8-12/h3-10H,1-2H3,(H,17,19)(H2,18,20,21). The first kappa shape index (κ1) is 17.7. The van der Waals surface area contributed by atoms with Gasteiger partial charge in [-0.05, 0) is 38.1 Å². The SMILES string of the molecule is CC(C)NC(=O)NS(=O)(=O)c1cnccc1Nc1cccc(F)c1. The van der Waals surface area contributed by atoms with E-state index in [-0.39, 0.29) is 16.6 Å². The van der Waals surface area contributed by atoms with Crippen LogP contribution in [-0.4, -0.2) is 25.5 Å². The summed E-state index contributed by atoms with van der Waals surface area (Å²) in [4.78, 5) is 15.2. The summed E-state index contributed by atoms with van der Waals surface area (Å²) >= 11 is 0. The van der Waals surface area contributed by atoms with E-state index in [0.717, 1.165) is 6.20 Å². The lowest BCUT2D eigenvalue weighted by molar-refractivity contribution is 0.243. The summed E-state index contributed by atoms with van der Waals surface area (Å²) in [6.45, 7) is 3.40. The molecule has 9 heteroatoms. The van der Waals surface area contributed by atoms with Crippen molar-refractivity contribution >= 4 is 27.4 Å². The first-order valence-corrected chi connectivity index (χ1v) is 8.56. The molecule has 0 spiro atoms. The first-order chi connectivity index (χ1) is 11.3. The molecule has 3 N–H and O–H groups in total. The van der Waals surface area contributed by atoms with Crippen molar-refractivity contribution in [2.75, 3.05) is 5.32 Å². The van der Waals surface area contributed by atoms with E-state index in [4.69, 9.17) is 0 Å². The highest BCUT2D eigenvalue weighted by atomic mass is 32.2. The number of anilines is 2. The van der Waals surface area contributed by atoms with E-state index in [2.05, 4.69) is 15.6 Å². The Hall–Kier alpha value is -2.68. The van der Waals surface area contributed by atoms with Gasteiger partial charge in [0.1, 0.15) is 10.7 Å². The van der Waals surface area contributed by atoms with Crippen LogP contribution in [0.4, 0.5) is 20.6 Å². The maximum absolute atomic E-state index is 13.3. The molecule has 1 heterocycles. The van der Waals surface area contributed by atoms with Crippen molar-refractivity contribution in [2.24, 2.45) is 0 Å². The van der Waals surface area contributed by atoms with Crippen molar-refractivity contribution in [3.8, 4) is 0 Å². The van der Waals surface area contributed by atoms with Gasteiger partial charge >= 0.3 is 6.03 Å². The molecule has 0 saturated heterocycles. The average molecular weight is 352 g/mol. The number of sulfonamides is 1.